The highest BCUT2D eigenvalue weighted by molar-refractivity contribution is 6.01. The summed E-state index contributed by atoms with van der Waals surface area (Å²) in [5, 5.41) is 0. The van der Waals surface area contributed by atoms with Gasteiger partial charge in [0, 0.05) is 22.6 Å². The zero-order chi connectivity index (χ0) is 33.8. The molecule has 2 aliphatic rings. The normalized spacial score (nSPS) is 13.2. The molecular weight excluding hydrogens is 617 g/mol. The van der Waals surface area contributed by atoms with Gasteiger partial charge < -0.3 is 9.80 Å². The van der Waals surface area contributed by atoms with Gasteiger partial charge in [0.15, 0.2) is 0 Å². The van der Waals surface area contributed by atoms with E-state index >= 15 is 0 Å². The number of rotatable bonds is 5. The van der Waals surface area contributed by atoms with Crippen LogP contribution in [0.5, 0.6) is 0 Å². The minimum Gasteiger partial charge on any atom is -0.310 e. The van der Waals surface area contributed by atoms with Gasteiger partial charge in [-0.05, 0) is 93.5 Å². The highest BCUT2D eigenvalue weighted by atomic mass is 15.2. The first kappa shape index (κ1) is 29.3. The topological polar surface area (TPSA) is 6.48 Å². The lowest BCUT2D eigenvalue weighted by atomic mass is 9.64. The molecule has 0 atom stereocenters. The third-order valence-corrected chi connectivity index (χ3v) is 10.6. The lowest BCUT2D eigenvalue weighted by Crippen LogP contribution is -2.36. The molecule has 240 valence electrons. The van der Waals surface area contributed by atoms with Gasteiger partial charge in [-0.15, -0.1) is 0 Å². The van der Waals surface area contributed by atoms with Gasteiger partial charge in [-0.3, -0.25) is 0 Å². The summed E-state index contributed by atoms with van der Waals surface area (Å²) >= 11 is 0. The van der Waals surface area contributed by atoms with Crippen molar-refractivity contribution in [1.29, 1.82) is 0 Å². The predicted molar refractivity (Wildman–Crippen MR) is 212 cm³/mol. The van der Waals surface area contributed by atoms with E-state index in [2.05, 4.69) is 216 Å². The number of anilines is 6. The second-order valence-electron chi connectivity index (χ2n) is 13.3. The SMILES string of the molecule is c1ccc(-c2ccc(N(c3ccccc3)c3cccc4c3-c3ccccc3C43c4ccccc4N(c4ccccc4)c4ccccc43)cc2)cc1. The molecule has 2 heteroatoms. The van der Waals surface area contributed by atoms with Gasteiger partial charge in [-0.2, -0.15) is 0 Å². The molecule has 0 aromatic heterocycles. The van der Waals surface area contributed by atoms with Gasteiger partial charge in [0.25, 0.3) is 0 Å². The number of fused-ring (bicyclic) bond motifs is 9. The maximum atomic E-state index is 2.44. The van der Waals surface area contributed by atoms with Crippen molar-refractivity contribution in [2.45, 2.75) is 5.41 Å². The lowest BCUT2D eigenvalue weighted by molar-refractivity contribution is 0.752. The predicted octanol–water partition coefficient (Wildman–Crippen LogP) is 13.0. The Morgan fingerprint density at radius 3 is 1.51 bits per heavy atom. The van der Waals surface area contributed by atoms with Crippen LogP contribution >= 0.6 is 0 Å². The Labute approximate surface area is 299 Å². The van der Waals surface area contributed by atoms with Crippen LogP contribution in [0.2, 0.25) is 0 Å². The number of para-hydroxylation sites is 4. The van der Waals surface area contributed by atoms with Crippen molar-refractivity contribution in [3.8, 4) is 22.3 Å². The molecule has 0 unspecified atom stereocenters. The molecule has 10 rings (SSSR count). The number of nitrogens with zero attached hydrogens (tertiary/aromatic N) is 2. The van der Waals surface area contributed by atoms with Crippen molar-refractivity contribution in [2.24, 2.45) is 0 Å². The quantitative estimate of drug-likeness (QED) is 0.183. The van der Waals surface area contributed by atoms with Gasteiger partial charge in [-0.25, -0.2) is 0 Å². The van der Waals surface area contributed by atoms with Crippen LogP contribution in [-0.2, 0) is 5.41 Å². The van der Waals surface area contributed by atoms with Crippen molar-refractivity contribution < 1.29 is 0 Å². The molecular formula is C49H34N2. The maximum absolute atomic E-state index is 2.44. The average Bonchev–Trinajstić information content (AvgIpc) is 3.51. The molecule has 8 aromatic rings. The summed E-state index contributed by atoms with van der Waals surface area (Å²) < 4.78 is 0. The summed E-state index contributed by atoms with van der Waals surface area (Å²) in [6.07, 6.45) is 0. The molecule has 0 N–H and O–H groups in total. The van der Waals surface area contributed by atoms with Crippen LogP contribution in [0.25, 0.3) is 22.3 Å². The molecule has 1 aliphatic heterocycles. The molecule has 0 amide bonds. The fraction of sp³-hybridized carbons (Fsp3) is 0.0204. The largest absolute Gasteiger partial charge is 0.310 e. The second-order valence-corrected chi connectivity index (χ2v) is 13.3. The zero-order valence-electron chi connectivity index (χ0n) is 28.0. The first-order valence-corrected chi connectivity index (χ1v) is 17.6. The van der Waals surface area contributed by atoms with Gasteiger partial charge in [0.1, 0.15) is 0 Å². The number of hydrogen-bond acceptors (Lipinski definition) is 2. The van der Waals surface area contributed by atoms with E-state index in [9.17, 15) is 0 Å². The van der Waals surface area contributed by atoms with E-state index in [4.69, 9.17) is 0 Å². The Bertz CT molecular complexity index is 2470. The van der Waals surface area contributed by atoms with Crippen LogP contribution in [0.4, 0.5) is 34.1 Å². The monoisotopic (exact) mass is 650 g/mol. The zero-order valence-corrected chi connectivity index (χ0v) is 28.0. The Balaban J connectivity index is 1.25. The summed E-state index contributed by atoms with van der Waals surface area (Å²) in [7, 11) is 0. The van der Waals surface area contributed by atoms with Gasteiger partial charge in [0.05, 0.1) is 22.5 Å². The van der Waals surface area contributed by atoms with E-state index in [0.717, 1.165) is 22.7 Å². The van der Waals surface area contributed by atoms with E-state index in [1.807, 2.05) is 0 Å². The summed E-state index contributed by atoms with van der Waals surface area (Å²) in [5.41, 5.74) is 16.6. The molecule has 1 heterocycles. The van der Waals surface area contributed by atoms with Crippen LogP contribution in [0.1, 0.15) is 22.3 Å². The molecule has 0 radical (unpaired) electrons. The van der Waals surface area contributed by atoms with Crippen LogP contribution in [0, 0.1) is 0 Å². The lowest BCUT2D eigenvalue weighted by Gasteiger charge is -2.45. The summed E-state index contributed by atoms with van der Waals surface area (Å²) in [5.74, 6) is 0. The summed E-state index contributed by atoms with van der Waals surface area (Å²) in [4.78, 5) is 4.87. The highest BCUT2D eigenvalue weighted by Crippen LogP contribution is 2.65. The first-order valence-electron chi connectivity index (χ1n) is 17.6. The number of benzene rings is 8. The van der Waals surface area contributed by atoms with E-state index in [1.54, 1.807) is 0 Å². The third-order valence-electron chi connectivity index (χ3n) is 10.6. The molecule has 1 spiro atoms. The third kappa shape index (κ3) is 4.36. The molecule has 8 aromatic carbocycles. The maximum Gasteiger partial charge on any atom is 0.0755 e. The Kier molecular flexibility index (Phi) is 6.75. The van der Waals surface area contributed by atoms with E-state index in [-0.39, 0.29) is 0 Å². The standard InChI is InChI=1S/C49H34N2/c1-4-17-35(18-5-1)36-31-33-39(34-32-36)50(37-19-6-2-7-20-37)47-30-16-27-44-48(47)40-23-10-11-24-41(40)49(44)42-25-12-14-28-45(42)51(38-21-8-3-9-22-38)46-29-15-13-26-43(46)49/h1-34H. The van der Waals surface area contributed by atoms with E-state index in [1.165, 1.54) is 55.9 Å². The van der Waals surface area contributed by atoms with Crippen molar-refractivity contribution in [1.82, 2.24) is 0 Å². The van der Waals surface area contributed by atoms with Crippen LogP contribution in [-0.4, -0.2) is 0 Å². The Morgan fingerprint density at radius 2 is 0.843 bits per heavy atom. The van der Waals surface area contributed by atoms with Gasteiger partial charge in [-0.1, -0.05) is 152 Å². The van der Waals surface area contributed by atoms with E-state index < -0.39 is 5.41 Å². The fourth-order valence-corrected chi connectivity index (χ4v) is 8.61. The van der Waals surface area contributed by atoms with Gasteiger partial charge in [0.2, 0.25) is 0 Å². The molecule has 0 saturated carbocycles. The molecule has 51 heavy (non-hydrogen) atoms. The van der Waals surface area contributed by atoms with Crippen molar-refractivity contribution >= 4 is 34.1 Å². The fourth-order valence-electron chi connectivity index (χ4n) is 8.61. The highest BCUT2D eigenvalue weighted by Gasteiger charge is 2.52. The number of hydrogen-bond donors (Lipinski definition) is 0. The summed E-state index contributed by atoms with van der Waals surface area (Å²) in [6.45, 7) is 0. The molecule has 0 fully saturated rings. The molecule has 2 nitrogen and oxygen atoms in total. The van der Waals surface area contributed by atoms with Crippen molar-refractivity contribution in [3.05, 3.63) is 229 Å². The van der Waals surface area contributed by atoms with Crippen LogP contribution < -0.4 is 9.80 Å². The van der Waals surface area contributed by atoms with Crippen LogP contribution in [0.15, 0.2) is 206 Å². The minimum absolute atomic E-state index is 0.514. The molecule has 1 aliphatic carbocycles. The van der Waals surface area contributed by atoms with Crippen molar-refractivity contribution in [2.75, 3.05) is 9.80 Å². The minimum atomic E-state index is -0.514. The Morgan fingerprint density at radius 1 is 0.353 bits per heavy atom. The smallest absolute Gasteiger partial charge is 0.0755 e. The second kappa shape index (κ2) is 11.8. The average molecular weight is 651 g/mol. The Hall–Kier alpha value is -6.64. The first-order chi connectivity index (χ1) is 25.3. The molecule has 0 bridgehead atoms. The summed E-state index contributed by atoms with van der Waals surface area (Å²) in [6, 6.07) is 75.1. The van der Waals surface area contributed by atoms with Crippen molar-refractivity contribution in [3.63, 3.8) is 0 Å². The van der Waals surface area contributed by atoms with Gasteiger partial charge >= 0.3 is 0 Å². The van der Waals surface area contributed by atoms with Crippen LogP contribution in [0.3, 0.4) is 0 Å². The van der Waals surface area contributed by atoms with E-state index in [0.29, 0.717) is 0 Å². The molecule has 0 saturated heterocycles.